The molecule has 4 heteroatoms. The third kappa shape index (κ3) is 5.23. The third-order valence-corrected chi connectivity index (χ3v) is 7.84. The average Bonchev–Trinajstić information content (AvgIpc) is 3.04. The van der Waals surface area contributed by atoms with Gasteiger partial charge in [-0.05, 0) is 53.0 Å². The summed E-state index contributed by atoms with van der Waals surface area (Å²) in [5, 5.41) is 0. The predicted octanol–water partition coefficient (Wildman–Crippen LogP) is 7.80. The number of anilines is 2. The molecule has 2 aliphatic carbocycles. The maximum atomic E-state index is 12.1. The number of ketones is 3. The van der Waals surface area contributed by atoms with E-state index in [0.29, 0.717) is 11.1 Å². The van der Waals surface area contributed by atoms with Crippen LogP contribution in [0.5, 0.6) is 0 Å². The van der Waals surface area contributed by atoms with E-state index in [0.717, 1.165) is 35.1 Å². The Morgan fingerprint density at radius 1 is 0.429 bits per heavy atom. The standard InChI is InChI=1S/C14H13N.C14H10O.C10H6O2/c1-15-13-8-4-2-6-11(13)10-12-7-3-5-9-14(12)15;15-14-12-7-3-1-5-10(12)9-11-6-2-4-8-13(11)14;11-9-5-6-10(12)8-4-2-1-3-7(8)9/h2-9H,10H2,1H3;1-8H,9H2;1-6H. The Bertz CT molecular complexity index is 1740. The maximum Gasteiger partial charge on any atom is 0.193 e. The molecule has 0 amide bonds. The van der Waals surface area contributed by atoms with Crippen molar-refractivity contribution in [2.75, 3.05) is 11.9 Å². The molecule has 0 aromatic heterocycles. The minimum atomic E-state index is -0.0924. The van der Waals surface area contributed by atoms with Crippen LogP contribution in [0, 0.1) is 0 Å². The molecule has 0 saturated carbocycles. The zero-order valence-corrected chi connectivity index (χ0v) is 23.3. The number of fused-ring (bicyclic) bond motifs is 5. The molecule has 42 heavy (non-hydrogen) atoms. The Morgan fingerprint density at radius 3 is 1.21 bits per heavy atom. The number of hydrogen-bond acceptors (Lipinski definition) is 4. The van der Waals surface area contributed by atoms with E-state index in [9.17, 15) is 14.4 Å². The van der Waals surface area contributed by atoms with E-state index < -0.39 is 0 Å². The van der Waals surface area contributed by atoms with Crippen LogP contribution in [0.3, 0.4) is 0 Å². The van der Waals surface area contributed by atoms with Gasteiger partial charge in [0.2, 0.25) is 0 Å². The molecule has 4 nitrogen and oxygen atoms in total. The van der Waals surface area contributed by atoms with Gasteiger partial charge in [0.1, 0.15) is 0 Å². The topological polar surface area (TPSA) is 54.5 Å². The van der Waals surface area contributed by atoms with Gasteiger partial charge in [-0.1, -0.05) is 109 Å². The highest BCUT2D eigenvalue weighted by Crippen LogP contribution is 2.36. The number of carbonyl (C=O) groups excluding carboxylic acids is 3. The minimum absolute atomic E-state index is 0.0924. The van der Waals surface area contributed by atoms with E-state index in [2.05, 4.69) is 60.5 Å². The molecule has 5 aromatic rings. The van der Waals surface area contributed by atoms with Crippen molar-refractivity contribution < 1.29 is 14.4 Å². The predicted molar refractivity (Wildman–Crippen MR) is 167 cm³/mol. The summed E-state index contributed by atoms with van der Waals surface area (Å²) in [6, 6.07) is 39.8. The van der Waals surface area contributed by atoms with Crippen molar-refractivity contribution in [3.63, 3.8) is 0 Å². The normalized spacial score (nSPS) is 13.6. The Balaban J connectivity index is 0.000000114. The lowest BCUT2D eigenvalue weighted by atomic mass is 9.85. The summed E-state index contributed by atoms with van der Waals surface area (Å²) in [5.74, 6) is -0.0251. The van der Waals surface area contributed by atoms with Crippen LogP contribution in [0.1, 0.15) is 58.9 Å². The first kappa shape index (κ1) is 26.9. The highest BCUT2D eigenvalue weighted by molar-refractivity contribution is 6.22. The first-order valence-corrected chi connectivity index (χ1v) is 14.0. The van der Waals surface area contributed by atoms with Gasteiger partial charge >= 0.3 is 0 Å². The number of rotatable bonds is 0. The average molecular weight is 548 g/mol. The zero-order valence-electron chi connectivity index (χ0n) is 23.3. The summed E-state index contributed by atoms with van der Waals surface area (Å²) in [5.41, 5.74) is 10.5. The molecule has 0 fully saturated rings. The van der Waals surface area contributed by atoms with Crippen LogP contribution >= 0.6 is 0 Å². The molecule has 8 rings (SSSR count). The zero-order chi connectivity index (χ0) is 29.1. The highest BCUT2D eigenvalue weighted by Gasteiger charge is 2.22. The molecule has 0 radical (unpaired) electrons. The molecule has 0 saturated heterocycles. The van der Waals surface area contributed by atoms with Gasteiger partial charge in [0, 0.05) is 47.1 Å². The molecule has 0 N–H and O–H groups in total. The highest BCUT2D eigenvalue weighted by atomic mass is 16.1. The van der Waals surface area contributed by atoms with E-state index in [4.69, 9.17) is 0 Å². The van der Waals surface area contributed by atoms with E-state index in [1.807, 2.05) is 48.5 Å². The Kier molecular flexibility index (Phi) is 7.44. The van der Waals surface area contributed by atoms with Crippen LogP contribution in [-0.4, -0.2) is 24.4 Å². The number of benzene rings is 5. The Hall–Kier alpha value is -5.35. The molecule has 0 atom stereocenters. The molecule has 5 aromatic carbocycles. The van der Waals surface area contributed by atoms with Crippen molar-refractivity contribution >= 4 is 28.7 Å². The van der Waals surface area contributed by atoms with Crippen LogP contribution in [0.2, 0.25) is 0 Å². The number of carbonyl (C=O) groups is 3. The second-order valence-corrected chi connectivity index (χ2v) is 10.4. The molecular formula is C38H29NO3. The lowest BCUT2D eigenvalue weighted by Gasteiger charge is -2.29. The summed E-state index contributed by atoms with van der Waals surface area (Å²) in [4.78, 5) is 36.8. The van der Waals surface area contributed by atoms with Gasteiger partial charge in [0.25, 0.3) is 0 Å². The lowest BCUT2D eigenvalue weighted by molar-refractivity contribution is 0.0994. The van der Waals surface area contributed by atoms with E-state index in [1.165, 1.54) is 34.7 Å². The van der Waals surface area contributed by atoms with Crippen molar-refractivity contribution in [2.24, 2.45) is 0 Å². The molecule has 0 spiro atoms. The Labute approximate surface area is 245 Å². The van der Waals surface area contributed by atoms with Crippen LogP contribution < -0.4 is 4.90 Å². The van der Waals surface area contributed by atoms with Gasteiger partial charge in [-0.15, -0.1) is 0 Å². The third-order valence-electron chi connectivity index (χ3n) is 7.84. The van der Waals surface area contributed by atoms with Crippen molar-refractivity contribution in [1.82, 2.24) is 0 Å². The Morgan fingerprint density at radius 2 is 0.762 bits per heavy atom. The van der Waals surface area contributed by atoms with E-state index in [1.54, 1.807) is 24.3 Å². The van der Waals surface area contributed by atoms with Gasteiger partial charge in [-0.3, -0.25) is 14.4 Å². The minimum Gasteiger partial charge on any atom is -0.344 e. The molecule has 0 unspecified atom stereocenters. The number of allylic oxidation sites excluding steroid dienone is 2. The SMILES string of the molecule is CN1c2ccccc2Cc2ccccc21.O=C1C=CC(=O)c2ccccc21.O=C1c2ccccc2Cc2ccccc21. The van der Waals surface area contributed by atoms with Crippen molar-refractivity contribution in [3.05, 3.63) is 178 Å². The van der Waals surface area contributed by atoms with Crippen LogP contribution in [0.15, 0.2) is 133 Å². The fourth-order valence-electron chi connectivity index (χ4n) is 5.70. The molecule has 1 heterocycles. The number of para-hydroxylation sites is 2. The summed E-state index contributed by atoms with van der Waals surface area (Å²) in [7, 11) is 2.14. The van der Waals surface area contributed by atoms with Crippen molar-refractivity contribution in [2.45, 2.75) is 12.8 Å². The maximum absolute atomic E-state index is 12.1. The van der Waals surface area contributed by atoms with Gasteiger partial charge in [-0.25, -0.2) is 0 Å². The van der Waals surface area contributed by atoms with E-state index in [-0.39, 0.29) is 17.3 Å². The van der Waals surface area contributed by atoms with Gasteiger partial charge in [0.15, 0.2) is 17.3 Å². The summed E-state index contributed by atoms with van der Waals surface area (Å²) in [6.45, 7) is 0. The van der Waals surface area contributed by atoms with Crippen molar-refractivity contribution in [3.8, 4) is 0 Å². The molecular weight excluding hydrogens is 518 g/mol. The first-order chi connectivity index (χ1) is 20.5. The fourth-order valence-corrected chi connectivity index (χ4v) is 5.70. The second kappa shape index (κ2) is 11.6. The lowest BCUT2D eigenvalue weighted by Crippen LogP contribution is -2.18. The van der Waals surface area contributed by atoms with E-state index >= 15 is 0 Å². The summed E-state index contributed by atoms with van der Waals surface area (Å²) < 4.78 is 0. The molecule has 3 aliphatic rings. The quantitative estimate of drug-likeness (QED) is 0.195. The second-order valence-electron chi connectivity index (χ2n) is 10.4. The van der Waals surface area contributed by atoms with Crippen molar-refractivity contribution in [1.29, 1.82) is 0 Å². The number of hydrogen-bond donors (Lipinski definition) is 0. The molecule has 0 bridgehead atoms. The number of nitrogens with zero attached hydrogens (tertiary/aromatic N) is 1. The molecule has 204 valence electrons. The summed E-state index contributed by atoms with van der Waals surface area (Å²) >= 11 is 0. The van der Waals surface area contributed by atoms with Gasteiger partial charge in [-0.2, -0.15) is 0 Å². The van der Waals surface area contributed by atoms with Crippen LogP contribution in [0.25, 0.3) is 0 Å². The van der Waals surface area contributed by atoms with Crippen LogP contribution in [-0.2, 0) is 12.8 Å². The van der Waals surface area contributed by atoms with Gasteiger partial charge in [0.05, 0.1) is 0 Å². The van der Waals surface area contributed by atoms with Crippen LogP contribution in [0.4, 0.5) is 11.4 Å². The molecule has 1 aliphatic heterocycles. The largest absolute Gasteiger partial charge is 0.344 e. The monoisotopic (exact) mass is 547 g/mol. The first-order valence-electron chi connectivity index (χ1n) is 14.0. The summed E-state index contributed by atoms with van der Waals surface area (Å²) in [6.07, 6.45) is 4.55. The fraction of sp³-hybridized carbons (Fsp3) is 0.0789. The smallest absolute Gasteiger partial charge is 0.193 e. The van der Waals surface area contributed by atoms with Gasteiger partial charge < -0.3 is 4.90 Å².